The van der Waals surface area contributed by atoms with Crippen LogP contribution in [0.1, 0.15) is 69.6 Å². The molecule has 3 amide bonds. The molecule has 0 radical (unpaired) electrons. The molecule has 2 N–H and O–H groups in total. The van der Waals surface area contributed by atoms with Crippen molar-refractivity contribution < 1.29 is 23.5 Å². The van der Waals surface area contributed by atoms with Gasteiger partial charge in [-0.2, -0.15) is 0 Å². The summed E-state index contributed by atoms with van der Waals surface area (Å²) in [7, 11) is 0. The second-order valence-corrected chi connectivity index (χ2v) is 11.5. The Morgan fingerprint density at radius 2 is 1.90 bits per heavy atom. The van der Waals surface area contributed by atoms with E-state index in [1.165, 1.54) is 6.07 Å². The summed E-state index contributed by atoms with van der Waals surface area (Å²) in [6.45, 7) is 9.37. The highest BCUT2D eigenvalue weighted by Crippen LogP contribution is 2.32. The molecule has 3 aliphatic rings. The summed E-state index contributed by atoms with van der Waals surface area (Å²) in [5.41, 5.74) is 0.674. The number of anilines is 1. The van der Waals surface area contributed by atoms with Gasteiger partial charge in [-0.15, -0.1) is 10.2 Å². The zero-order valence-electron chi connectivity index (χ0n) is 22.7. The van der Waals surface area contributed by atoms with Crippen LogP contribution in [-0.4, -0.2) is 73.7 Å². The summed E-state index contributed by atoms with van der Waals surface area (Å²) >= 11 is 0. The molecule has 2 aromatic rings. The average Bonchev–Trinajstić information content (AvgIpc) is 3.27. The number of hydrogen-bond acceptors (Lipinski definition) is 8. The largest absolute Gasteiger partial charge is 0.444 e. The molecule has 1 aromatic carbocycles. The van der Waals surface area contributed by atoms with Crippen molar-refractivity contribution in [1.29, 1.82) is 0 Å². The Bertz CT molecular complexity index is 1250. The molecule has 4 heterocycles. The van der Waals surface area contributed by atoms with Crippen molar-refractivity contribution in [2.24, 2.45) is 0 Å². The Morgan fingerprint density at radius 1 is 1.13 bits per heavy atom. The molecule has 2 fully saturated rings. The lowest BCUT2D eigenvalue weighted by Crippen LogP contribution is -2.47. The van der Waals surface area contributed by atoms with Gasteiger partial charge in [-0.25, -0.2) is 9.18 Å². The van der Waals surface area contributed by atoms with Crippen LogP contribution in [0, 0.1) is 5.82 Å². The minimum atomic E-state index is -0.545. The van der Waals surface area contributed by atoms with E-state index in [1.807, 2.05) is 20.8 Å². The number of nitrogens with one attached hydrogen (secondary N) is 2. The van der Waals surface area contributed by atoms with Crippen molar-refractivity contribution in [2.45, 2.75) is 83.6 Å². The van der Waals surface area contributed by atoms with Gasteiger partial charge in [0.25, 0.3) is 0 Å². The Balaban J connectivity index is 1.13. The number of aromatic nitrogens is 3. The number of imide groups is 1. The number of amides is 3. The number of rotatable bonds is 5. The maximum atomic E-state index is 15.1. The molecule has 0 aliphatic carbocycles. The van der Waals surface area contributed by atoms with Gasteiger partial charge in [0, 0.05) is 25.2 Å². The SMILES string of the molecule is CC(C)(C)OC(=O)N1CCn2c(CN3CCC(c4ccc(NC5CCC(=O)NC5=O)cc4F)CC3)nnc2C1. The number of carbonyl (C=O) groups excluding carboxylic acids is 3. The van der Waals surface area contributed by atoms with E-state index in [4.69, 9.17) is 4.74 Å². The maximum absolute atomic E-state index is 15.1. The molecular weight excluding hydrogens is 505 g/mol. The van der Waals surface area contributed by atoms with Gasteiger partial charge < -0.3 is 14.6 Å². The highest BCUT2D eigenvalue weighted by atomic mass is 19.1. The van der Waals surface area contributed by atoms with Crippen LogP contribution in [0.2, 0.25) is 0 Å². The number of ether oxygens (including phenoxy) is 1. The molecule has 0 bridgehead atoms. The molecule has 5 rings (SSSR count). The summed E-state index contributed by atoms with van der Waals surface area (Å²) < 4.78 is 22.6. The number of halogens is 1. The summed E-state index contributed by atoms with van der Waals surface area (Å²) in [6.07, 6.45) is 1.97. The minimum Gasteiger partial charge on any atom is -0.444 e. The Hall–Kier alpha value is -3.54. The normalized spacial score (nSPS) is 20.9. The minimum absolute atomic E-state index is 0.112. The highest BCUT2D eigenvalue weighted by Gasteiger charge is 2.30. The fourth-order valence-corrected chi connectivity index (χ4v) is 5.40. The fourth-order valence-electron chi connectivity index (χ4n) is 5.40. The first-order chi connectivity index (χ1) is 18.6. The topological polar surface area (TPSA) is 122 Å². The van der Waals surface area contributed by atoms with E-state index in [0.29, 0.717) is 43.9 Å². The van der Waals surface area contributed by atoms with Crippen LogP contribution in [-0.2, 0) is 34.0 Å². The smallest absolute Gasteiger partial charge is 0.410 e. The monoisotopic (exact) mass is 541 g/mol. The second-order valence-electron chi connectivity index (χ2n) is 11.5. The molecule has 2 saturated heterocycles. The van der Waals surface area contributed by atoms with Crippen LogP contribution < -0.4 is 10.6 Å². The maximum Gasteiger partial charge on any atom is 0.410 e. The van der Waals surface area contributed by atoms with E-state index in [9.17, 15) is 14.4 Å². The zero-order chi connectivity index (χ0) is 27.7. The Kier molecular flexibility index (Phi) is 7.57. The van der Waals surface area contributed by atoms with Crippen molar-refractivity contribution in [3.05, 3.63) is 41.2 Å². The number of hydrogen-bond donors (Lipinski definition) is 2. The molecule has 39 heavy (non-hydrogen) atoms. The van der Waals surface area contributed by atoms with Crippen LogP contribution >= 0.6 is 0 Å². The molecule has 210 valence electrons. The molecule has 12 heteroatoms. The molecule has 1 unspecified atom stereocenters. The zero-order valence-corrected chi connectivity index (χ0v) is 22.7. The fraction of sp³-hybridized carbons (Fsp3) is 0.593. The van der Waals surface area contributed by atoms with E-state index in [2.05, 4.69) is 30.3 Å². The van der Waals surface area contributed by atoms with Gasteiger partial charge in [0.05, 0.1) is 13.1 Å². The average molecular weight is 542 g/mol. The molecule has 1 atom stereocenters. The van der Waals surface area contributed by atoms with Crippen molar-refractivity contribution >= 4 is 23.6 Å². The number of piperidine rings is 2. The van der Waals surface area contributed by atoms with Gasteiger partial charge in [-0.05, 0) is 76.7 Å². The standard InChI is InChI=1S/C27H36FN7O4/c1-27(2,3)39-26(38)34-12-13-35-22(31-32-23(35)16-34)15-33-10-8-17(9-11-33)19-5-4-18(14-20(19)28)29-21-6-7-24(36)30-25(21)37/h4-5,14,17,21,29H,6-13,15-16H2,1-3H3,(H,30,36,37). The van der Waals surface area contributed by atoms with E-state index in [-0.39, 0.29) is 36.1 Å². The van der Waals surface area contributed by atoms with Crippen molar-refractivity contribution in [3.8, 4) is 0 Å². The first-order valence-electron chi connectivity index (χ1n) is 13.6. The van der Waals surface area contributed by atoms with Crippen LogP contribution in [0.5, 0.6) is 0 Å². The van der Waals surface area contributed by atoms with E-state index in [1.54, 1.807) is 17.0 Å². The molecule has 0 spiro atoms. The predicted octanol–water partition coefficient (Wildman–Crippen LogP) is 2.76. The summed E-state index contributed by atoms with van der Waals surface area (Å²) in [5, 5.41) is 14.1. The van der Waals surface area contributed by atoms with Gasteiger partial charge in [0.15, 0.2) is 5.82 Å². The lowest BCUT2D eigenvalue weighted by Gasteiger charge is -2.33. The first kappa shape index (κ1) is 27.0. The van der Waals surface area contributed by atoms with Crippen LogP contribution in [0.4, 0.5) is 14.9 Å². The highest BCUT2D eigenvalue weighted by molar-refractivity contribution is 6.01. The van der Waals surface area contributed by atoms with Gasteiger partial charge >= 0.3 is 6.09 Å². The molecule has 3 aliphatic heterocycles. The van der Waals surface area contributed by atoms with E-state index in [0.717, 1.165) is 37.6 Å². The van der Waals surface area contributed by atoms with Crippen LogP contribution in [0.3, 0.4) is 0 Å². The summed E-state index contributed by atoms with van der Waals surface area (Å²) in [4.78, 5) is 39.7. The van der Waals surface area contributed by atoms with Gasteiger partial charge in [-0.1, -0.05) is 6.07 Å². The van der Waals surface area contributed by atoms with Gasteiger partial charge in [0.2, 0.25) is 11.8 Å². The van der Waals surface area contributed by atoms with Crippen molar-refractivity contribution in [1.82, 2.24) is 29.9 Å². The first-order valence-corrected chi connectivity index (χ1v) is 13.6. The van der Waals surface area contributed by atoms with Crippen molar-refractivity contribution in [2.75, 3.05) is 25.0 Å². The summed E-state index contributed by atoms with van der Waals surface area (Å²) in [6, 6.07) is 4.50. The predicted molar refractivity (Wildman–Crippen MR) is 140 cm³/mol. The number of fused-ring (bicyclic) bond motifs is 1. The number of likely N-dealkylation sites (tertiary alicyclic amines) is 1. The number of carbonyl (C=O) groups is 3. The lowest BCUT2D eigenvalue weighted by atomic mass is 9.89. The van der Waals surface area contributed by atoms with E-state index >= 15 is 4.39 Å². The van der Waals surface area contributed by atoms with Gasteiger partial charge in [0.1, 0.15) is 23.3 Å². The van der Waals surface area contributed by atoms with Gasteiger partial charge in [-0.3, -0.25) is 24.7 Å². The van der Waals surface area contributed by atoms with Crippen LogP contribution in [0.15, 0.2) is 18.2 Å². The molecule has 1 aromatic heterocycles. The Morgan fingerprint density at radius 3 is 2.59 bits per heavy atom. The van der Waals surface area contributed by atoms with E-state index < -0.39 is 11.6 Å². The Labute approximate surface area is 227 Å². The lowest BCUT2D eigenvalue weighted by molar-refractivity contribution is -0.133. The third-order valence-corrected chi connectivity index (χ3v) is 7.45. The summed E-state index contributed by atoms with van der Waals surface area (Å²) in [5.74, 6) is 0.803. The second kappa shape index (κ2) is 10.9. The van der Waals surface area contributed by atoms with Crippen LogP contribution in [0.25, 0.3) is 0 Å². The third kappa shape index (κ3) is 6.38. The molecule has 0 saturated carbocycles. The molecule has 11 nitrogen and oxygen atoms in total. The molecular formula is C27H36FN7O4. The quantitative estimate of drug-likeness (QED) is 0.555. The number of nitrogens with zero attached hydrogens (tertiary/aromatic N) is 5. The number of benzene rings is 1. The van der Waals surface area contributed by atoms with Crippen molar-refractivity contribution in [3.63, 3.8) is 0 Å². The third-order valence-electron chi connectivity index (χ3n) is 7.45.